The predicted molar refractivity (Wildman–Crippen MR) is 83.8 cm³/mol. The van der Waals surface area contributed by atoms with Gasteiger partial charge in [-0.05, 0) is 24.1 Å². The highest BCUT2D eigenvalue weighted by molar-refractivity contribution is 5.75. The molecule has 1 aromatic carbocycles. The summed E-state index contributed by atoms with van der Waals surface area (Å²) < 4.78 is 5.72. The Morgan fingerprint density at radius 2 is 2.05 bits per heavy atom. The number of amides is 2. The number of carbonyl (C=O) groups excluding carboxylic acids is 1. The number of ether oxygens (including phenoxy) is 1. The smallest absolute Gasteiger partial charge is 0.317 e. The second-order valence-corrected chi connectivity index (χ2v) is 5.30. The third-order valence-electron chi connectivity index (χ3n) is 3.61. The molecule has 22 heavy (non-hydrogen) atoms. The number of hydrogen-bond donors (Lipinski definition) is 1. The summed E-state index contributed by atoms with van der Waals surface area (Å²) in [4.78, 5) is 17.7. The Kier molecular flexibility index (Phi) is 4.53. The van der Waals surface area contributed by atoms with Crippen molar-refractivity contribution in [3.63, 3.8) is 0 Å². The van der Waals surface area contributed by atoms with Crippen molar-refractivity contribution < 1.29 is 9.53 Å². The molecule has 0 unspecified atom stereocenters. The van der Waals surface area contributed by atoms with Crippen LogP contribution in [0, 0.1) is 0 Å². The van der Waals surface area contributed by atoms with Crippen LogP contribution in [0.1, 0.15) is 5.56 Å². The lowest BCUT2D eigenvalue weighted by molar-refractivity contribution is 0.0443. The minimum absolute atomic E-state index is 0.0260. The molecular weight excluding hydrogens is 278 g/mol. The van der Waals surface area contributed by atoms with Gasteiger partial charge in [0, 0.05) is 12.7 Å². The summed E-state index contributed by atoms with van der Waals surface area (Å²) in [5, 5.41) is 2.94. The number of carbonyl (C=O) groups is 1. The fourth-order valence-electron chi connectivity index (χ4n) is 2.36. The highest BCUT2D eigenvalue weighted by Crippen LogP contribution is 2.16. The van der Waals surface area contributed by atoms with Gasteiger partial charge in [-0.15, -0.1) is 0 Å². The number of hydrogen-bond acceptors (Lipinski definition) is 3. The van der Waals surface area contributed by atoms with Crippen molar-refractivity contribution in [1.82, 2.24) is 15.2 Å². The van der Waals surface area contributed by atoms with Gasteiger partial charge in [0.25, 0.3) is 0 Å². The number of nitrogens with zero attached hydrogens (tertiary/aromatic N) is 2. The molecule has 1 aliphatic heterocycles. The second-order valence-electron chi connectivity index (χ2n) is 5.30. The lowest BCUT2D eigenvalue weighted by Crippen LogP contribution is -2.59. The highest BCUT2D eigenvalue weighted by Gasteiger charge is 2.32. The molecule has 1 aromatic heterocycles. The van der Waals surface area contributed by atoms with E-state index in [0.717, 1.165) is 12.2 Å². The molecule has 2 aromatic rings. The van der Waals surface area contributed by atoms with Crippen LogP contribution in [0.2, 0.25) is 0 Å². The molecule has 1 fully saturated rings. The summed E-state index contributed by atoms with van der Waals surface area (Å²) in [6, 6.07) is 13.8. The van der Waals surface area contributed by atoms with Crippen molar-refractivity contribution in [3.05, 3.63) is 60.4 Å². The zero-order valence-corrected chi connectivity index (χ0v) is 12.3. The summed E-state index contributed by atoms with van der Waals surface area (Å²) in [5.41, 5.74) is 1.23. The molecule has 1 aliphatic rings. The summed E-state index contributed by atoms with van der Waals surface area (Å²) in [6.45, 7) is 1.88. The zero-order valence-electron chi connectivity index (χ0n) is 12.3. The van der Waals surface area contributed by atoms with Crippen molar-refractivity contribution >= 4 is 6.03 Å². The van der Waals surface area contributed by atoms with Crippen molar-refractivity contribution in [2.24, 2.45) is 0 Å². The van der Waals surface area contributed by atoms with Crippen molar-refractivity contribution in [1.29, 1.82) is 0 Å². The molecule has 5 nitrogen and oxygen atoms in total. The average Bonchev–Trinajstić information content (AvgIpc) is 2.52. The number of aromatic nitrogens is 1. The van der Waals surface area contributed by atoms with Crippen LogP contribution in [-0.4, -0.2) is 41.7 Å². The average molecular weight is 297 g/mol. The van der Waals surface area contributed by atoms with Gasteiger partial charge in [0.15, 0.2) is 0 Å². The number of urea groups is 1. The molecule has 1 saturated heterocycles. The maximum absolute atomic E-state index is 12.0. The zero-order chi connectivity index (χ0) is 15.2. The van der Waals surface area contributed by atoms with Gasteiger partial charge in [0.05, 0.1) is 19.3 Å². The van der Waals surface area contributed by atoms with Crippen LogP contribution in [0.15, 0.2) is 54.9 Å². The van der Waals surface area contributed by atoms with Crippen LogP contribution in [0.5, 0.6) is 5.75 Å². The Labute approximate surface area is 129 Å². The number of benzene rings is 1. The van der Waals surface area contributed by atoms with Gasteiger partial charge in [-0.3, -0.25) is 4.98 Å². The first-order valence-corrected chi connectivity index (χ1v) is 7.44. The largest absolute Gasteiger partial charge is 0.485 e. The fourth-order valence-corrected chi connectivity index (χ4v) is 2.36. The lowest BCUT2D eigenvalue weighted by atomic mass is 10.1. The normalized spacial score (nSPS) is 14.3. The number of likely N-dealkylation sites (tertiary alicyclic amines) is 1. The molecule has 2 amide bonds. The summed E-state index contributed by atoms with van der Waals surface area (Å²) in [6.07, 6.45) is 4.29. The summed E-state index contributed by atoms with van der Waals surface area (Å²) in [7, 11) is 0. The van der Waals surface area contributed by atoms with Crippen LogP contribution >= 0.6 is 0 Å². The Bertz CT molecular complexity index is 598. The monoisotopic (exact) mass is 297 g/mol. The minimum atomic E-state index is -0.0260. The number of pyridine rings is 1. The van der Waals surface area contributed by atoms with E-state index in [9.17, 15) is 4.79 Å². The molecule has 3 rings (SSSR count). The van der Waals surface area contributed by atoms with Crippen LogP contribution in [0.25, 0.3) is 0 Å². The summed E-state index contributed by atoms with van der Waals surface area (Å²) in [5.74, 6) is 0.747. The molecule has 5 heteroatoms. The van der Waals surface area contributed by atoms with Gasteiger partial charge < -0.3 is 15.0 Å². The third-order valence-corrected chi connectivity index (χ3v) is 3.61. The molecule has 0 spiro atoms. The standard InChI is InChI=1S/C17H19N3O2/c21-17(19-10-8-14-5-2-1-3-6-14)20-12-16(13-20)22-15-7-4-9-18-11-15/h1-7,9,11,16H,8,10,12-13H2,(H,19,21). The minimum Gasteiger partial charge on any atom is -0.485 e. The van der Waals surface area contributed by atoms with E-state index < -0.39 is 0 Å². The Balaban J connectivity index is 1.35. The van der Waals surface area contributed by atoms with Crippen molar-refractivity contribution in [2.45, 2.75) is 12.5 Å². The van der Waals surface area contributed by atoms with E-state index in [-0.39, 0.29) is 12.1 Å². The lowest BCUT2D eigenvalue weighted by Gasteiger charge is -2.38. The van der Waals surface area contributed by atoms with Gasteiger partial charge in [0.2, 0.25) is 0 Å². The quantitative estimate of drug-likeness (QED) is 0.919. The van der Waals surface area contributed by atoms with E-state index in [1.165, 1.54) is 5.56 Å². The first kappa shape index (κ1) is 14.4. The van der Waals surface area contributed by atoms with Gasteiger partial charge >= 0.3 is 6.03 Å². The van der Waals surface area contributed by atoms with E-state index in [1.54, 1.807) is 17.3 Å². The maximum atomic E-state index is 12.0. The van der Waals surface area contributed by atoms with Gasteiger partial charge in [-0.1, -0.05) is 30.3 Å². The van der Waals surface area contributed by atoms with Gasteiger partial charge in [0.1, 0.15) is 11.9 Å². The third kappa shape index (κ3) is 3.75. The molecule has 0 radical (unpaired) electrons. The van der Waals surface area contributed by atoms with Crippen LogP contribution in [0.3, 0.4) is 0 Å². The number of nitrogens with one attached hydrogen (secondary N) is 1. The second kappa shape index (κ2) is 6.93. The van der Waals surface area contributed by atoms with Crippen LogP contribution in [0.4, 0.5) is 4.79 Å². The van der Waals surface area contributed by atoms with Crippen molar-refractivity contribution in [3.8, 4) is 5.75 Å². The molecule has 0 saturated carbocycles. The van der Waals surface area contributed by atoms with E-state index in [0.29, 0.717) is 19.6 Å². The molecular formula is C17H19N3O2. The van der Waals surface area contributed by atoms with Gasteiger partial charge in [-0.2, -0.15) is 0 Å². The molecule has 2 heterocycles. The SMILES string of the molecule is O=C(NCCc1ccccc1)N1CC(Oc2cccnc2)C1. The van der Waals surface area contributed by atoms with Gasteiger partial charge in [-0.25, -0.2) is 4.79 Å². The Hall–Kier alpha value is -2.56. The Morgan fingerprint density at radius 1 is 1.23 bits per heavy atom. The van der Waals surface area contributed by atoms with Crippen LogP contribution < -0.4 is 10.1 Å². The highest BCUT2D eigenvalue weighted by atomic mass is 16.5. The number of rotatable bonds is 5. The molecule has 1 N–H and O–H groups in total. The fraction of sp³-hybridized carbons (Fsp3) is 0.294. The van der Waals surface area contributed by atoms with E-state index in [2.05, 4.69) is 22.4 Å². The first-order chi connectivity index (χ1) is 10.8. The van der Waals surface area contributed by atoms with Crippen LogP contribution in [-0.2, 0) is 6.42 Å². The molecule has 0 bridgehead atoms. The maximum Gasteiger partial charge on any atom is 0.317 e. The van der Waals surface area contributed by atoms with E-state index >= 15 is 0 Å². The predicted octanol–water partition coefficient (Wildman–Crippen LogP) is 2.10. The molecule has 114 valence electrons. The van der Waals surface area contributed by atoms with Crippen molar-refractivity contribution in [2.75, 3.05) is 19.6 Å². The first-order valence-electron chi connectivity index (χ1n) is 7.44. The van der Waals surface area contributed by atoms with E-state index in [1.807, 2.05) is 30.3 Å². The van der Waals surface area contributed by atoms with E-state index in [4.69, 9.17) is 4.74 Å². The molecule has 0 aliphatic carbocycles. The topological polar surface area (TPSA) is 54.5 Å². The molecule has 0 atom stereocenters. The Morgan fingerprint density at radius 3 is 2.77 bits per heavy atom. The summed E-state index contributed by atoms with van der Waals surface area (Å²) >= 11 is 0.